The van der Waals surface area contributed by atoms with Crippen LogP contribution in [-0.2, 0) is 4.74 Å². The van der Waals surface area contributed by atoms with Crippen LogP contribution in [0.15, 0.2) is 24.3 Å². The maximum absolute atomic E-state index is 12.4. The molecule has 2 rings (SSSR count). The third-order valence-corrected chi connectivity index (χ3v) is 3.12. The van der Waals surface area contributed by atoms with Crippen LogP contribution in [0.5, 0.6) is 0 Å². The summed E-state index contributed by atoms with van der Waals surface area (Å²) in [4.78, 5) is 15.6. The number of amidine groups is 1. The van der Waals surface area contributed by atoms with Crippen LogP contribution < -0.4 is 10.6 Å². The third kappa shape index (κ3) is 2.85. The Morgan fingerprint density at radius 3 is 2.63 bits per heavy atom. The van der Waals surface area contributed by atoms with Gasteiger partial charge in [-0.1, -0.05) is 12.1 Å². The molecule has 1 aromatic rings. The van der Waals surface area contributed by atoms with Crippen LogP contribution in [0.1, 0.15) is 5.56 Å². The van der Waals surface area contributed by atoms with Gasteiger partial charge in [-0.2, -0.15) is 0 Å². The number of nitrogens with two attached hydrogens (primary N) is 1. The summed E-state index contributed by atoms with van der Waals surface area (Å²) < 4.78 is 5.23. The molecule has 0 aromatic heterocycles. The van der Waals surface area contributed by atoms with Gasteiger partial charge in [-0.3, -0.25) is 10.3 Å². The number of carbonyl (C=O) groups is 1. The Morgan fingerprint density at radius 1 is 1.37 bits per heavy atom. The van der Waals surface area contributed by atoms with Gasteiger partial charge in [-0.25, -0.2) is 4.79 Å². The van der Waals surface area contributed by atoms with Gasteiger partial charge in [-0.05, 0) is 12.1 Å². The summed E-state index contributed by atoms with van der Waals surface area (Å²) in [5.41, 5.74) is 6.75. The molecule has 0 atom stereocenters. The van der Waals surface area contributed by atoms with E-state index in [1.54, 1.807) is 30.1 Å². The first-order valence-corrected chi connectivity index (χ1v) is 6.15. The van der Waals surface area contributed by atoms with E-state index in [1.165, 1.54) is 4.90 Å². The molecule has 0 unspecified atom stereocenters. The molecular weight excluding hydrogens is 244 g/mol. The lowest BCUT2D eigenvalue weighted by Gasteiger charge is -2.31. The molecule has 1 aliphatic heterocycles. The topological polar surface area (TPSA) is 82.7 Å². The lowest BCUT2D eigenvalue weighted by Crippen LogP contribution is -2.47. The van der Waals surface area contributed by atoms with Crippen LogP contribution in [0.25, 0.3) is 0 Å². The van der Waals surface area contributed by atoms with E-state index in [0.717, 1.165) is 0 Å². The first-order chi connectivity index (χ1) is 9.11. The van der Waals surface area contributed by atoms with Gasteiger partial charge in [0, 0.05) is 25.7 Å². The van der Waals surface area contributed by atoms with Gasteiger partial charge in [0.15, 0.2) is 0 Å². The van der Waals surface area contributed by atoms with E-state index >= 15 is 0 Å². The molecule has 0 aliphatic carbocycles. The Labute approximate surface area is 112 Å². The van der Waals surface area contributed by atoms with Crippen LogP contribution in [0, 0.1) is 5.41 Å². The van der Waals surface area contributed by atoms with Crippen molar-refractivity contribution in [1.82, 2.24) is 4.90 Å². The highest BCUT2D eigenvalue weighted by Gasteiger charge is 2.23. The number of benzene rings is 1. The van der Waals surface area contributed by atoms with Gasteiger partial charge in [0.1, 0.15) is 5.84 Å². The average molecular weight is 262 g/mol. The van der Waals surface area contributed by atoms with Crippen LogP contribution >= 0.6 is 0 Å². The molecule has 1 aliphatic rings. The number of carbonyl (C=O) groups excluding carboxylic acids is 1. The van der Waals surface area contributed by atoms with Crippen molar-refractivity contribution in [2.75, 3.05) is 38.3 Å². The molecule has 6 nitrogen and oxygen atoms in total. The fourth-order valence-corrected chi connectivity index (χ4v) is 2.06. The van der Waals surface area contributed by atoms with Crippen molar-refractivity contribution >= 4 is 17.6 Å². The summed E-state index contributed by atoms with van der Waals surface area (Å²) in [6.45, 7) is 2.30. The smallest absolute Gasteiger partial charge is 0.324 e. The number of urea groups is 1. The molecule has 1 heterocycles. The van der Waals surface area contributed by atoms with E-state index in [2.05, 4.69) is 0 Å². The second-order valence-corrected chi connectivity index (χ2v) is 4.37. The highest BCUT2D eigenvalue weighted by atomic mass is 16.5. The number of nitrogens with zero attached hydrogens (tertiary/aromatic N) is 2. The number of amides is 2. The minimum absolute atomic E-state index is 0.0442. The van der Waals surface area contributed by atoms with Crippen molar-refractivity contribution in [3.05, 3.63) is 29.8 Å². The predicted octanol–water partition coefficient (Wildman–Crippen LogP) is 0.859. The largest absolute Gasteiger partial charge is 0.384 e. The van der Waals surface area contributed by atoms with E-state index in [0.29, 0.717) is 37.6 Å². The summed E-state index contributed by atoms with van der Waals surface area (Å²) in [7, 11) is 1.69. The molecule has 0 saturated carbocycles. The van der Waals surface area contributed by atoms with Gasteiger partial charge in [0.05, 0.1) is 18.9 Å². The number of nitrogen functional groups attached to an aromatic ring is 1. The summed E-state index contributed by atoms with van der Waals surface area (Å²) in [5.74, 6) is -0.0442. The lowest BCUT2D eigenvalue weighted by molar-refractivity contribution is 0.0551. The number of morpholine rings is 1. The van der Waals surface area contributed by atoms with Crippen LogP contribution in [-0.4, -0.2) is 50.1 Å². The molecule has 3 N–H and O–H groups in total. The van der Waals surface area contributed by atoms with Crippen molar-refractivity contribution in [3.8, 4) is 0 Å². The third-order valence-electron chi connectivity index (χ3n) is 3.12. The fraction of sp³-hybridized carbons (Fsp3) is 0.385. The summed E-state index contributed by atoms with van der Waals surface area (Å²) >= 11 is 0. The van der Waals surface area contributed by atoms with Gasteiger partial charge >= 0.3 is 6.03 Å². The number of para-hydroxylation sites is 1. The van der Waals surface area contributed by atoms with Gasteiger partial charge in [0.2, 0.25) is 0 Å². The van der Waals surface area contributed by atoms with Crippen molar-refractivity contribution in [2.24, 2.45) is 5.73 Å². The Balaban J connectivity index is 2.21. The zero-order chi connectivity index (χ0) is 13.8. The average Bonchev–Trinajstić information content (AvgIpc) is 2.46. The molecule has 102 valence electrons. The Bertz CT molecular complexity index is 483. The molecule has 1 aromatic carbocycles. The molecule has 2 amide bonds. The number of hydrogen-bond acceptors (Lipinski definition) is 3. The Kier molecular flexibility index (Phi) is 4.01. The number of anilines is 1. The molecule has 0 spiro atoms. The number of nitrogens with one attached hydrogen (secondary N) is 1. The molecular formula is C13H18N4O2. The molecule has 0 radical (unpaired) electrons. The number of rotatable bonds is 2. The minimum Gasteiger partial charge on any atom is -0.384 e. The highest BCUT2D eigenvalue weighted by molar-refractivity contribution is 6.04. The Hall–Kier alpha value is -2.08. The summed E-state index contributed by atoms with van der Waals surface area (Å²) in [6.07, 6.45) is 0. The van der Waals surface area contributed by atoms with Crippen LogP contribution in [0.2, 0.25) is 0 Å². The zero-order valence-electron chi connectivity index (χ0n) is 10.9. The fourth-order valence-electron chi connectivity index (χ4n) is 2.06. The second kappa shape index (κ2) is 5.71. The minimum atomic E-state index is -0.1000. The van der Waals surface area contributed by atoms with Gasteiger partial charge in [-0.15, -0.1) is 0 Å². The zero-order valence-corrected chi connectivity index (χ0v) is 10.9. The van der Waals surface area contributed by atoms with Crippen molar-refractivity contribution in [3.63, 3.8) is 0 Å². The van der Waals surface area contributed by atoms with E-state index in [4.69, 9.17) is 15.9 Å². The first kappa shape index (κ1) is 13.4. The summed E-state index contributed by atoms with van der Waals surface area (Å²) in [6, 6.07) is 7.05. The van der Waals surface area contributed by atoms with Gasteiger partial charge in [0.25, 0.3) is 0 Å². The molecule has 19 heavy (non-hydrogen) atoms. The van der Waals surface area contributed by atoms with Crippen molar-refractivity contribution < 1.29 is 9.53 Å². The maximum atomic E-state index is 12.4. The predicted molar refractivity (Wildman–Crippen MR) is 73.6 cm³/mol. The van der Waals surface area contributed by atoms with Crippen molar-refractivity contribution in [1.29, 1.82) is 5.41 Å². The standard InChI is InChI=1S/C13H18N4O2/c1-16(13(18)17-6-8-19-9-7-17)11-5-3-2-4-10(11)12(14)15/h2-5H,6-9H2,1H3,(H3,14,15). The lowest BCUT2D eigenvalue weighted by atomic mass is 10.1. The second-order valence-electron chi connectivity index (χ2n) is 4.37. The van der Waals surface area contributed by atoms with Gasteiger partial charge < -0.3 is 15.4 Å². The quantitative estimate of drug-likeness (QED) is 0.612. The van der Waals surface area contributed by atoms with Crippen LogP contribution in [0.4, 0.5) is 10.5 Å². The van der Waals surface area contributed by atoms with Crippen LogP contribution in [0.3, 0.4) is 0 Å². The number of hydrogen-bond donors (Lipinski definition) is 2. The molecule has 1 saturated heterocycles. The number of ether oxygens (including phenoxy) is 1. The van der Waals surface area contributed by atoms with Crippen molar-refractivity contribution in [2.45, 2.75) is 0 Å². The normalized spacial score (nSPS) is 15.1. The van der Waals surface area contributed by atoms with E-state index in [1.807, 2.05) is 6.07 Å². The Morgan fingerprint density at radius 2 is 2.00 bits per heavy atom. The monoisotopic (exact) mass is 262 g/mol. The van der Waals surface area contributed by atoms with E-state index in [9.17, 15) is 4.79 Å². The molecule has 6 heteroatoms. The van der Waals surface area contributed by atoms with E-state index in [-0.39, 0.29) is 11.9 Å². The maximum Gasteiger partial charge on any atom is 0.324 e. The van der Waals surface area contributed by atoms with E-state index < -0.39 is 0 Å². The first-order valence-electron chi connectivity index (χ1n) is 6.15. The molecule has 1 fully saturated rings. The highest BCUT2D eigenvalue weighted by Crippen LogP contribution is 2.20. The molecule has 0 bridgehead atoms. The SMILES string of the molecule is CN(C(=O)N1CCOCC1)c1ccccc1C(=N)N. The summed E-state index contributed by atoms with van der Waals surface area (Å²) in [5, 5.41) is 7.56.